The normalized spacial score (nSPS) is 20.5. The van der Waals surface area contributed by atoms with Crippen LogP contribution in [0.25, 0.3) is 0 Å². The van der Waals surface area contributed by atoms with E-state index >= 15 is 0 Å². The van der Waals surface area contributed by atoms with Gasteiger partial charge in [-0.05, 0) is 39.5 Å². The van der Waals surface area contributed by atoms with Crippen LogP contribution in [0.15, 0.2) is 17.6 Å². The van der Waals surface area contributed by atoms with E-state index in [0.29, 0.717) is 19.7 Å². The summed E-state index contributed by atoms with van der Waals surface area (Å²) >= 11 is 0. The summed E-state index contributed by atoms with van der Waals surface area (Å²) in [5.74, 6) is 2.36. The molecule has 1 saturated carbocycles. The van der Waals surface area contributed by atoms with Gasteiger partial charge in [0.25, 0.3) is 0 Å². The van der Waals surface area contributed by atoms with E-state index in [0.717, 1.165) is 43.3 Å². The van der Waals surface area contributed by atoms with Crippen LogP contribution in [0.5, 0.6) is 0 Å². The van der Waals surface area contributed by atoms with E-state index in [2.05, 4.69) is 32.4 Å². The van der Waals surface area contributed by atoms with Crippen molar-refractivity contribution < 1.29 is 9.53 Å². The van der Waals surface area contributed by atoms with Gasteiger partial charge in [0.1, 0.15) is 12.4 Å². The second-order valence-corrected chi connectivity index (χ2v) is 6.50. The number of nitrogens with one attached hydrogen (secondary N) is 2. The highest BCUT2D eigenvalue weighted by atomic mass is 16.5. The van der Waals surface area contributed by atoms with Gasteiger partial charge in [-0.1, -0.05) is 6.08 Å². The predicted molar refractivity (Wildman–Crippen MR) is 101 cm³/mol. The van der Waals surface area contributed by atoms with Crippen molar-refractivity contribution in [3.8, 4) is 0 Å². The van der Waals surface area contributed by atoms with Gasteiger partial charge in [0.15, 0.2) is 11.8 Å². The summed E-state index contributed by atoms with van der Waals surface area (Å²) in [5.41, 5.74) is 0. The Morgan fingerprint density at radius 1 is 1.38 bits per heavy atom. The third kappa shape index (κ3) is 5.57. The summed E-state index contributed by atoms with van der Waals surface area (Å²) in [6.45, 7) is 9.02. The number of aromatic nitrogens is 3. The maximum atomic E-state index is 11.9. The Labute approximate surface area is 155 Å². The Kier molecular flexibility index (Phi) is 7.62. The Hall–Kier alpha value is -2.38. The number of ether oxygens (including phenoxy) is 1. The molecule has 1 aromatic rings. The molecule has 1 aliphatic carbocycles. The number of nitrogens with zero attached hydrogens (tertiary/aromatic N) is 4. The molecule has 8 heteroatoms. The first-order valence-electron chi connectivity index (χ1n) is 9.22. The zero-order valence-electron chi connectivity index (χ0n) is 16.0. The van der Waals surface area contributed by atoms with Crippen LogP contribution in [-0.4, -0.2) is 45.9 Å². The first-order chi connectivity index (χ1) is 12.5. The minimum absolute atomic E-state index is 0.0242. The molecule has 0 bridgehead atoms. The van der Waals surface area contributed by atoms with Crippen LogP contribution in [0.2, 0.25) is 0 Å². The molecule has 1 aliphatic rings. The Bertz CT molecular complexity index is 632. The van der Waals surface area contributed by atoms with Crippen LogP contribution in [0.3, 0.4) is 0 Å². The largest absolute Gasteiger partial charge is 0.466 e. The fourth-order valence-electron chi connectivity index (χ4n) is 2.99. The zero-order valence-corrected chi connectivity index (χ0v) is 16.0. The number of carbonyl (C=O) groups is 1. The molecular weight excluding hydrogens is 332 g/mol. The second-order valence-electron chi connectivity index (χ2n) is 6.50. The van der Waals surface area contributed by atoms with E-state index in [9.17, 15) is 4.79 Å². The smallest absolute Gasteiger partial charge is 0.308 e. The maximum Gasteiger partial charge on any atom is 0.308 e. The fraction of sp³-hybridized carbons (Fsp3) is 0.667. The van der Waals surface area contributed by atoms with Crippen molar-refractivity contribution in [2.45, 2.75) is 52.1 Å². The molecule has 0 radical (unpaired) electrons. The quantitative estimate of drug-likeness (QED) is 0.330. The lowest BCUT2D eigenvalue weighted by atomic mass is 9.86. The molecule has 1 fully saturated rings. The molecule has 0 aromatic carbocycles. The number of aryl methyl sites for hydroxylation is 1. The lowest BCUT2D eigenvalue weighted by Crippen LogP contribution is -2.45. The van der Waals surface area contributed by atoms with E-state index in [-0.39, 0.29) is 17.9 Å². The molecule has 0 atom stereocenters. The van der Waals surface area contributed by atoms with E-state index in [4.69, 9.17) is 4.74 Å². The van der Waals surface area contributed by atoms with Crippen LogP contribution in [-0.2, 0) is 23.1 Å². The molecule has 26 heavy (non-hydrogen) atoms. The minimum Gasteiger partial charge on any atom is -0.466 e. The average Bonchev–Trinajstić information content (AvgIpc) is 2.96. The first-order valence-corrected chi connectivity index (χ1v) is 9.22. The molecule has 144 valence electrons. The van der Waals surface area contributed by atoms with Crippen molar-refractivity contribution in [3.63, 3.8) is 0 Å². The Morgan fingerprint density at radius 2 is 2.12 bits per heavy atom. The van der Waals surface area contributed by atoms with Crippen LogP contribution < -0.4 is 10.6 Å². The summed E-state index contributed by atoms with van der Waals surface area (Å²) in [5, 5.41) is 14.9. The molecule has 0 saturated heterocycles. The lowest BCUT2D eigenvalue weighted by molar-refractivity contribution is -0.149. The monoisotopic (exact) mass is 362 g/mol. The van der Waals surface area contributed by atoms with Gasteiger partial charge in [-0.25, -0.2) is 4.99 Å². The standard InChI is InChI=1S/C18H30N6O2/c1-5-11-19-18(20-12-16-23-22-13(3)24(16)4)21-15-9-7-14(8-10-15)17(25)26-6-2/h5,14-15H,1,6-12H2,2-4H3,(H2,19,20,21). The number of hydrogen-bond acceptors (Lipinski definition) is 5. The third-order valence-corrected chi connectivity index (χ3v) is 4.66. The van der Waals surface area contributed by atoms with Gasteiger partial charge in [0, 0.05) is 19.6 Å². The Balaban J connectivity index is 1.91. The highest BCUT2D eigenvalue weighted by Gasteiger charge is 2.27. The second kappa shape index (κ2) is 9.94. The molecule has 2 N–H and O–H groups in total. The maximum absolute atomic E-state index is 11.9. The van der Waals surface area contributed by atoms with E-state index < -0.39 is 0 Å². The van der Waals surface area contributed by atoms with Gasteiger partial charge in [-0.3, -0.25) is 4.79 Å². The SMILES string of the molecule is C=CCNC(=NCc1nnc(C)n1C)NC1CCC(C(=O)OCC)CC1. The average molecular weight is 362 g/mol. The van der Waals surface area contributed by atoms with Crippen molar-refractivity contribution in [2.75, 3.05) is 13.2 Å². The molecule has 1 heterocycles. The van der Waals surface area contributed by atoms with E-state index in [1.807, 2.05) is 25.5 Å². The molecule has 1 aromatic heterocycles. The molecular formula is C18H30N6O2. The molecule has 0 aliphatic heterocycles. The van der Waals surface area contributed by atoms with Gasteiger partial charge in [0.05, 0.1) is 12.5 Å². The fourth-order valence-corrected chi connectivity index (χ4v) is 2.99. The summed E-state index contributed by atoms with van der Waals surface area (Å²) in [4.78, 5) is 16.5. The van der Waals surface area contributed by atoms with Gasteiger partial charge in [-0.2, -0.15) is 0 Å². The minimum atomic E-state index is -0.0673. The van der Waals surface area contributed by atoms with E-state index in [1.54, 1.807) is 6.08 Å². The number of carbonyl (C=O) groups excluding carboxylic acids is 1. The van der Waals surface area contributed by atoms with Crippen molar-refractivity contribution in [1.29, 1.82) is 0 Å². The summed E-state index contributed by atoms with van der Waals surface area (Å²) in [6, 6.07) is 0.290. The number of rotatable bonds is 7. The van der Waals surface area contributed by atoms with Crippen LogP contribution >= 0.6 is 0 Å². The lowest BCUT2D eigenvalue weighted by Gasteiger charge is -2.29. The summed E-state index contributed by atoms with van der Waals surface area (Å²) < 4.78 is 7.06. The van der Waals surface area contributed by atoms with Gasteiger partial charge in [-0.15, -0.1) is 16.8 Å². The summed E-state index contributed by atoms with van der Waals surface area (Å²) in [6.07, 6.45) is 5.31. The van der Waals surface area contributed by atoms with Gasteiger partial charge in [0.2, 0.25) is 0 Å². The van der Waals surface area contributed by atoms with Crippen molar-refractivity contribution in [3.05, 3.63) is 24.3 Å². The number of guanidine groups is 1. The van der Waals surface area contributed by atoms with Gasteiger partial charge >= 0.3 is 5.97 Å². The van der Waals surface area contributed by atoms with Crippen molar-refractivity contribution in [2.24, 2.45) is 18.0 Å². The third-order valence-electron chi connectivity index (χ3n) is 4.66. The number of esters is 1. The van der Waals surface area contributed by atoms with Crippen molar-refractivity contribution >= 4 is 11.9 Å². The van der Waals surface area contributed by atoms with Crippen LogP contribution in [0.1, 0.15) is 44.3 Å². The Morgan fingerprint density at radius 3 is 2.69 bits per heavy atom. The van der Waals surface area contributed by atoms with Crippen molar-refractivity contribution in [1.82, 2.24) is 25.4 Å². The predicted octanol–water partition coefficient (Wildman–Crippen LogP) is 1.47. The first kappa shape index (κ1) is 19.9. The van der Waals surface area contributed by atoms with E-state index in [1.165, 1.54) is 0 Å². The number of aliphatic imine (C=N–C) groups is 1. The van der Waals surface area contributed by atoms with Crippen LogP contribution in [0, 0.1) is 12.8 Å². The molecule has 0 amide bonds. The molecule has 0 spiro atoms. The molecule has 0 unspecified atom stereocenters. The highest BCUT2D eigenvalue weighted by Crippen LogP contribution is 2.25. The summed E-state index contributed by atoms with van der Waals surface area (Å²) in [7, 11) is 1.93. The van der Waals surface area contributed by atoms with Crippen LogP contribution in [0.4, 0.5) is 0 Å². The zero-order chi connectivity index (χ0) is 18.9. The number of hydrogen-bond donors (Lipinski definition) is 2. The van der Waals surface area contributed by atoms with Gasteiger partial charge < -0.3 is 19.9 Å². The molecule has 8 nitrogen and oxygen atoms in total. The highest BCUT2D eigenvalue weighted by molar-refractivity contribution is 5.80. The topological polar surface area (TPSA) is 93.4 Å². The molecule has 2 rings (SSSR count).